The lowest BCUT2D eigenvalue weighted by molar-refractivity contribution is -0.137. The van der Waals surface area contributed by atoms with Crippen LogP contribution in [0.1, 0.15) is 5.56 Å². The van der Waals surface area contributed by atoms with Crippen LogP contribution in [0.15, 0.2) is 124 Å². The monoisotopic (exact) mass is 611 g/mol. The summed E-state index contributed by atoms with van der Waals surface area (Å²) in [6, 6.07) is 27.9. The van der Waals surface area contributed by atoms with Crippen molar-refractivity contribution < 1.29 is 35.1 Å². The summed E-state index contributed by atoms with van der Waals surface area (Å²) in [5.74, 6) is -11.5. The first kappa shape index (κ1) is 30.0. The fourth-order valence-electron chi connectivity index (χ4n) is 4.07. The van der Waals surface area contributed by atoms with E-state index >= 15 is 0 Å². The molecule has 0 unspecified atom stereocenters. The third kappa shape index (κ3) is 6.31. The van der Waals surface area contributed by atoms with Gasteiger partial charge in [-0.3, -0.25) is 0 Å². The van der Waals surface area contributed by atoms with E-state index in [9.17, 15) is 35.1 Å². The van der Waals surface area contributed by atoms with Crippen molar-refractivity contribution in [3.63, 3.8) is 0 Å². The van der Waals surface area contributed by atoms with Crippen molar-refractivity contribution in [3.8, 4) is 0 Å². The minimum Gasteiger partial charge on any atom is -0.311 e. The van der Waals surface area contributed by atoms with Gasteiger partial charge in [0.15, 0.2) is 29.0 Å². The van der Waals surface area contributed by atoms with Gasteiger partial charge in [-0.05, 0) is 66.7 Å². The molecule has 0 radical (unpaired) electrons. The van der Waals surface area contributed by atoms with Gasteiger partial charge in [0.1, 0.15) is 0 Å². The molecular weight excluding hydrogens is 594 g/mol. The Kier molecular flexibility index (Phi) is 8.47. The van der Waals surface area contributed by atoms with Crippen LogP contribution in [0.5, 0.6) is 0 Å². The second kappa shape index (κ2) is 12.4. The lowest BCUT2D eigenvalue weighted by Gasteiger charge is -2.25. The summed E-state index contributed by atoms with van der Waals surface area (Å²) < 4.78 is 109. The number of nitrogens with zero attached hydrogens (tertiary/aromatic N) is 5. The van der Waals surface area contributed by atoms with E-state index in [0.29, 0.717) is 6.07 Å². The Morgan fingerprint density at radius 3 is 1.43 bits per heavy atom. The van der Waals surface area contributed by atoms with E-state index in [4.69, 9.17) is 0 Å². The Labute approximate surface area is 244 Å². The zero-order valence-electron chi connectivity index (χ0n) is 22.1. The van der Waals surface area contributed by atoms with Gasteiger partial charge in [0, 0.05) is 17.1 Å². The standard InChI is InChI=1S/C31H17F8N5/c32-25-26(33)28(35)30(29(36)27(25)34)43-41-19-13-16-24(23(17-19)31(37,38)39)42-40-18-11-14-22(15-12-18)44(20-7-3-1-4-8-20)21-9-5-2-6-10-21/h1-17H. The lowest BCUT2D eigenvalue weighted by atomic mass is 10.1. The number of hydrogen-bond acceptors (Lipinski definition) is 5. The third-order valence-corrected chi connectivity index (χ3v) is 6.15. The Balaban J connectivity index is 1.42. The molecule has 0 aromatic heterocycles. The molecule has 0 aliphatic heterocycles. The van der Waals surface area contributed by atoms with Crippen molar-refractivity contribution in [1.82, 2.24) is 0 Å². The third-order valence-electron chi connectivity index (χ3n) is 6.15. The largest absolute Gasteiger partial charge is 0.418 e. The molecule has 0 heterocycles. The average molecular weight is 611 g/mol. The number of rotatable bonds is 7. The number of anilines is 3. The zero-order chi connectivity index (χ0) is 31.4. The molecule has 0 saturated heterocycles. The van der Waals surface area contributed by atoms with Crippen molar-refractivity contribution in [2.24, 2.45) is 20.5 Å². The normalized spacial score (nSPS) is 11.9. The van der Waals surface area contributed by atoms with Gasteiger partial charge in [0.05, 0.1) is 22.6 Å². The molecule has 5 nitrogen and oxygen atoms in total. The number of hydrogen-bond donors (Lipinski definition) is 0. The number of benzene rings is 5. The molecule has 0 atom stereocenters. The highest BCUT2D eigenvalue weighted by Gasteiger charge is 2.34. The quantitative estimate of drug-likeness (QED) is 0.0782. The van der Waals surface area contributed by atoms with Crippen LogP contribution in [0, 0.1) is 29.1 Å². The number of azo groups is 2. The first-order valence-electron chi connectivity index (χ1n) is 12.6. The number of alkyl halides is 3. The predicted octanol–water partition coefficient (Wildman–Crippen LogP) is 11.7. The summed E-state index contributed by atoms with van der Waals surface area (Å²) in [5, 5.41) is 13.8. The van der Waals surface area contributed by atoms with Gasteiger partial charge >= 0.3 is 6.18 Å². The van der Waals surface area contributed by atoms with Gasteiger partial charge in [-0.1, -0.05) is 36.4 Å². The fraction of sp³-hybridized carbons (Fsp3) is 0.0323. The zero-order valence-corrected chi connectivity index (χ0v) is 22.1. The Morgan fingerprint density at radius 2 is 0.909 bits per heavy atom. The van der Waals surface area contributed by atoms with E-state index in [1.54, 1.807) is 24.3 Å². The summed E-state index contributed by atoms with van der Waals surface area (Å²) in [7, 11) is 0. The molecule has 0 aliphatic rings. The molecular formula is C31H17F8N5. The van der Waals surface area contributed by atoms with Crippen LogP contribution in [0.25, 0.3) is 0 Å². The average Bonchev–Trinajstić information content (AvgIpc) is 3.03. The predicted molar refractivity (Wildman–Crippen MR) is 147 cm³/mol. The van der Waals surface area contributed by atoms with Gasteiger partial charge in [-0.25, -0.2) is 22.0 Å². The van der Waals surface area contributed by atoms with Gasteiger partial charge in [-0.2, -0.15) is 23.4 Å². The van der Waals surface area contributed by atoms with Gasteiger partial charge in [0.2, 0.25) is 5.82 Å². The van der Waals surface area contributed by atoms with E-state index in [-0.39, 0.29) is 5.69 Å². The summed E-state index contributed by atoms with van der Waals surface area (Å²) in [6.07, 6.45) is -4.97. The molecule has 0 N–H and O–H groups in total. The lowest BCUT2D eigenvalue weighted by Crippen LogP contribution is -2.09. The molecule has 13 heteroatoms. The first-order valence-corrected chi connectivity index (χ1v) is 12.6. The molecule has 0 spiro atoms. The van der Waals surface area contributed by atoms with E-state index in [2.05, 4.69) is 20.5 Å². The second-order valence-corrected chi connectivity index (χ2v) is 9.04. The van der Waals surface area contributed by atoms with Gasteiger partial charge < -0.3 is 4.90 Å². The van der Waals surface area contributed by atoms with Crippen molar-refractivity contribution in [3.05, 3.63) is 138 Å². The summed E-state index contributed by atoms with van der Waals surface area (Å²) >= 11 is 0. The first-order chi connectivity index (χ1) is 21.0. The van der Waals surface area contributed by atoms with Crippen LogP contribution in [-0.4, -0.2) is 0 Å². The van der Waals surface area contributed by atoms with Gasteiger partial charge in [0.25, 0.3) is 0 Å². The fourth-order valence-corrected chi connectivity index (χ4v) is 4.07. The van der Waals surface area contributed by atoms with E-state index < -0.39 is 57.9 Å². The molecule has 0 saturated carbocycles. The maximum absolute atomic E-state index is 13.9. The van der Waals surface area contributed by atoms with Crippen LogP contribution in [0.2, 0.25) is 0 Å². The molecule has 222 valence electrons. The maximum Gasteiger partial charge on any atom is 0.418 e. The highest BCUT2D eigenvalue weighted by molar-refractivity contribution is 5.76. The minimum absolute atomic E-state index is 0.234. The molecule has 0 fully saturated rings. The molecule has 5 aromatic carbocycles. The SMILES string of the molecule is Fc1c(F)c(F)c(N=Nc2ccc(N=Nc3ccc(N(c4ccccc4)c4ccccc4)cc3)c(C(F)(F)F)c2)c(F)c1F. The van der Waals surface area contributed by atoms with Crippen molar-refractivity contribution in [1.29, 1.82) is 0 Å². The second-order valence-electron chi connectivity index (χ2n) is 9.04. The molecule has 44 heavy (non-hydrogen) atoms. The Morgan fingerprint density at radius 1 is 0.455 bits per heavy atom. The van der Waals surface area contributed by atoms with Crippen LogP contribution in [-0.2, 0) is 6.18 Å². The summed E-state index contributed by atoms with van der Waals surface area (Å²) in [4.78, 5) is 1.97. The molecule has 0 amide bonds. The Bertz CT molecular complexity index is 1770. The molecule has 0 bridgehead atoms. The van der Waals surface area contributed by atoms with Crippen LogP contribution in [0.3, 0.4) is 0 Å². The summed E-state index contributed by atoms with van der Waals surface area (Å²) in [5.41, 5.74) is -1.45. The Hall–Kier alpha value is -5.46. The van der Waals surface area contributed by atoms with Crippen LogP contribution >= 0.6 is 0 Å². The molecule has 5 rings (SSSR count). The van der Waals surface area contributed by atoms with Crippen LogP contribution in [0.4, 0.5) is 74.9 Å². The maximum atomic E-state index is 13.9. The highest BCUT2D eigenvalue weighted by Crippen LogP contribution is 2.40. The number of para-hydroxylation sites is 2. The minimum atomic E-state index is -4.97. The van der Waals surface area contributed by atoms with Crippen molar-refractivity contribution in [2.75, 3.05) is 4.90 Å². The molecule has 5 aromatic rings. The smallest absolute Gasteiger partial charge is 0.311 e. The highest BCUT2D eigenvalue weighted by atomic mass is 19.4. The van der Waals surface area contributed by atoms with E-state index in [1.165, 1.54) is 0 Å². The van der Waals surface area contributed by atoms with Crippen LogP contribution < -0.4 is 4.90 Å². The van der Waals surface area contributed by atoms with E-state index in [0.717, 1.165) is 29.2 Å². The topological polar surface area (TPSA) is 52.7 Å². The summed E-state index contributed by atoms with van der Waals surface area (Å²) in [6.45, 7) is 0. The van der Waals surface area contributed by atoms with Crippen molar-refractivity contribution >= 4 is 39.8 Å². The molecule has 0 aliphatic carbocycles. The number of halogens is 8. The van der Waals surface area contributed by atoms with Crippen molar-refractivity contribution in [2.45, 2.75) is 6.18 Å². The van der Waals surface area contributed by atoms with E-state index in [1.807, 2.05) is 65.6 Å². The van der Waals surface area contributed by atoms with Gasteiger partial charge in [-0.15, -0.1) is 10.2 Å².